The summed E-state index contributed by atoms with van der Waals surface area (Å²) < 4.78 is 26.3. The van der Waals surface area contributed by atoms with Gasteiger partial charge in [0.15, 0.2) is 6.10 Å². The zero-order valence-corrected chi connectivity index (χ0v) is 33.0. The van der Waals surface area contributed by atoms with Gasteiger partial charge in [0.05, 0.1) is 6.61 Å². The first-order valence-electron chi connectivity index (χ1n) is 20.8. The third-order valence-corrected chi connectivity index (χ3v) is 9.86. The largest absolute Gasteiger partial charge is 0.469 e. The molecule has 1 atom stereocenters. The summed E-state index contributed by atoms with van der Waals surface area (Å²) in [5, 5.41) is 0. The Morgan fingerprint density at radius 2 is 0.735 bits per heavy atom. The van der Waals surface area contributed by atoms with Crippen molar-refractivity contribution < 1.29 is 37.9 Å². The maximum Gasteiger partial charge on any atom is 0.469 e. The molecular formula is C40H79O8P. The zero-order chi connectivity index (χ0) is 36.1. The van der Waals surface area contributed by atoms with Gasteiger partial charge in [0.1, 0.15) is 6.61 Å². The fourth-order valence-electron chi connectivity index (χ4n) is 6.26. The normalized spacial score (nSPS) is 12.3. The molecule has 0 saturated carbocycles. The van der Waals surface area contributed by atoms with Gasteiger partial charge in [0, 0.05) is 12.8 Å². The molecule has 49 heavy (non-hydrogen) atoms. The number of hydrogen-bond acceptors (Lipinski definition) is 6. The molecule has 0 radical (unpaired) electrons. The summed E-state index contributed by atoms with van der Waals surface area (Å²) in [5.41, 5.74) is 0. The van der Waals surface area contributed by atoms with Crippen molar-refractivity contribution in [1.82, 2.24) is 0 Å². The Kier molecular flexibility index (Phi) is 36.1. The minimum absolute atomic E-state index is 0.220. The molecule has 0 saturated heterocycles. The number of carbonyl (C=O) groups excluding carboxylic acids is 2. The predicted molar refractivity (Wildman–Crippen MR) is 203 cm³/mol. The molecule has 8 nitrogen and oxygen atoms in total. The zero-order valence-electron chi connectivity index (χ0n) is 32.1. The summed E-state index contributed by atoms with van der Waals surface area (Å²) in [6.45, 7) is 3.70. The van der Waals surface area contributed by atoms with E-state index in [1.807, 2.05) is 0 Å². The third-order valence-electron chi connectivity index (χ3n) is 9.38. The highest BCUT2D eigenvalue weighted by Crippen LogP contribution is 2.36. The minimum atomic E-state index is -4.74. The Morgan fingerprint density at radius 1 is 0.449 bits per heavy atom. The molecule has 2 N–H and O–H groups in total. The van der Waals surface area contributed by atoms with E-state index in [1.54, 1.807) is 0 Å². The van der Waals surface area contributed by atoms with Gasteiger partial charge in [0.2, 0.25) is 0 Å². The lowest BCUT2D eigenvalue weighted by Gasteiger charge is -2.18. The second-order valence-corrected chi connectivity index (χ2v) is 15.6. The first kappa shape index (κ1) is 48.0. The van der Waals surface area contributed by atoms with Crippen LogP contribution in [0.15, 0.2) is 0 Å². The van der Waals surface area contributed by atoms with Crippen molar-refractivity contribution >= 4 is 19.8 Å². The van der Waals surface area contributed by atoms with Gasteiger partial charge < -0.3 is 19.3 Å². The molecule has 0 heterocycles. The second-order valence-electron chi connectivity index (χ2n) is 14.3. The van der Waals surface area contributed by atoms with E-state index in [2.05, 4.69) is 18.4 Å². The number of hydrogen-bond donors (Lipinski definition) is 2. The average Bonchev–Trinajstić information content (AvgIpc) is 3.07. The fourth-order valence-corrected chi connectivity index (χ4v) is 6.62. The Bertz CT molecular complexity index is 771. The maximum absolute atomic E-state index is 12.4. The van der Waals surface area contributed by atoms with E-state index in [1.165, 1.54) is 161 Å². The van der Waals surface area contributed by atoms with Crippen LogP contribution in [-0.4, -0.2) is 41.0 Å². The van der Waals surface area contributed by atoms with E-state index < -0.39 is 32.5 Å². The molecule has 0 spiro atoms. The molecule has 0 aromatic heterocycles. The summed E-state index contributed by atoms with van der Waals surface area (Å²) in [6, 6.07) is 0. The van der Waals surface area contributed by atoms with E-state index in [-0.39, 0.29) is 19.4 Å². The number of unbranched alkanes of at least 4 members (excludes halogenated alkanes) is 29. The van der Waals surface area contributed by atoms with Crippen LogP contribution in [0.3, 0.4) is 0 Å². The standard InChI is InChI=1S/C40H79O8P/c1-3-5-7-9-11-13-15-16-17-18-19-20-21-22-23-25-27-29-31-33-35-40(42)48-38(37-47-49(43,44)45)36-46-39(41)34-32-30-28-26-24-14-12-10-8-6-4-2/h38H,3-37H2,1-2H3,(H2,43,44,45)/t38-/m1/s1. The van der Waals surface area contributed by atoms with Gasteiger partial charge in [-0.25, -0.2) is 4.57 Å². The molecule has 0 aliphatic carbocycles. The highest BCUT2D eigenvalue weighted by atomic mass is 31.2. The van der Waals surface area contributed by atoms with Crippen LogP contribution in [0.4, 0.5) is 0 Å². The summed E-state index contributed by atoms with van der Waals surface area (Å²) in [6.07, 6.45) is 38.3. The van der Waals surface area contributed by atoms with E-state index in [0.717, 1.165) is 32.1 Å². The van der Waals surface area contributed by atoms with E-state index in [4.69, 9.17) is 19.3 Å². The van der Waals surface area contributed by atoms with Gasteiger partial charge in [-0.1, -0.05) is 200 Å². The summed E-state index contributed by atoms with van der Waals surface area (Å²) in [7, 11) is -4.74. The van der Waals surface area contributed by atoms with E-state index >= 15 is 0 Å². The van der Waals surface area contributed by atoms with Crippen molar-refractivity contribution in [2.45, 2.75) is 232 Å². The van der Waals surface area contributed by atoms with Crippen molar-refractivity contribution in [3.8, 4) is 0 Å². The molecule has 0 aromatic carbocycles. The van der Waals surface area contributed by atoms with Crippen molar-refractivity contribution in [3.05, 3.63) is 0 Å². The second kappa shape index (κ2) is 36.8. The van der Waals surface area contributed by atoms with Gasteiger partial charge in [-0.15, -0.1) is 0 Å². The van der Waals surface area contributed by atoms with Crippen LogP contribution in [0, 0.1) is 0 Å². The highest BCUT2D eigenvalue weighted by molar-refractivity contribution is 7.46. The van der Waals surface area contributed by atoms with Crippen LogP contribution in [0.25, 0.3) is 0 Å². The monoisotopic (exact) mass is 719 g/mol. The Balaban J connectivity index is 3.82. The van der Waals surface area contributed by atoms with Crippen molar-refractivity contribution in [3.63, 3.8) is 0 Å². The summed E-state index contributed by atoms with van der Waals surface area (Å²) >= 11 is 0. The van der Waals surface area contributed by atoms with Gasteiger partial charge in [0.25, 0.3) is 0 Å². The predicted octanol–water partition coefficient (Wildman–Crippen LogP) is 12.5. The lowest BCUT2D eigenvalue weighted by molar-refractivity contribution is -0.161. The fraction of sp³-hybridized carbons (Fsp3) is 0.950. The Labute approximate surface area is 302 Å². The topological polar surface area (TPSA) is 119 Å². The number of phosphoric ester groups is 1. The van der Waals surface area contributed by atoms with Crippen LogP contribution >= 0.6 is 7.82 Å². The molecule has 0 unspecified atom stereocenters. The minimum Gasteiger partial charge on any atom is -0.462 e. The molecular weight excluding hydrogens is 639 g/mol. The molecule has 0 fully saturated rings. The Hall–Kier alpha value is -0.950. The number of rotatable bonds is 39. The van der Waals surface area contributed by atoms with E-state index in [0.29, 0.717) is 6.42 Å². The number of carbonyl (C=O) groups is 2. The maximum atomic E-state index is 12.4. The number of phosphoric acid groups is 1. The molecule has 0 aromatic rings. The lowest BCUT2D eigenvalue weighted by Crippen LogP contribution is -2.29. The van der Waals surface area contributed by atoms with Gasteiger partial charge in [-0.05, 0) is 12.8 Å². The van der Waals surface area contributed by atoms with Crippen LogP contribution in [0.2, 0.25) is 0 Å². The average molecular weight is 719 g/mol. The molecule has 0 rings (SSSR count). The summed E-state index contributed by atoms with van der Waals surface area (Å²) in [4.78, 5) is 42.7. The quantitative estimate of drug-likeness (QED) is 0.0366. The molecule has 0 aliphatic heterocycles. The number of ether oxygens (including phenoxy) is 2. The van der Waals surface area contributed by atoms with Crippen molar-refractivity contribution in [2.75, 3.05) is 13.2 Å². The van der Waals surface area contributed by atoms with Crippen LogP contribution < -0.4 is 0 Å². The van der Waals surface area contributed by atoms with Gasteiger partial charge in [-0.3, -0.25) is 14.1 Å². The SMILES string of the molecule is CCCCCCCCCCCCCCCCCCCCCCC(=O)O[C@H](COC(=O)CCCCCCCCCCCCC)COP(=O)(O)O. The molecule has 0 bridgehead atoms. The lowest BCUT2D eigenvalue weighted by atomic mass is 10.0. The van der Waals surface area contributed by atoms with Gasteiger partial charge in [-0.2, -0.15) is 0 Å². The van der Waals surface area contributed by atoms with E-state index in [9.17, 15) is 14.2 Å². The van der Waals surface area contributed by atoms with Crippen LogP contribution in [-0.2, 0) is 28.2 Å². The highest BCUT2D eigenvalue weighted by Gasteiger charge is 2.22. The first-order chi connectivity index (χ1) is 23.8. The summed E-state index contributed by atoms with van der Waals surface area (Å²) in [5.74, 6) is -0.870. The molecule has 0 aliphatic rings. The smallest absolute Gasteiger partial charge is 0.462 e. The number of esters is 2. The van der Waals surface area contributed by atoms with Gasteiger partial charge >= 0.3 is 19.8 Å². The Morgan fingerprint density at radius 3 is 1.04 bits per heavy atom. The molecule has 9 heteroatoms. The first-order valence-corrected chi connectivity index (χ1v) is 22.4. The van der Waals surface area contributed by atoms with Crippen molar-refractivity contribution in [2.24, 2.45) is 0 Å². The molecule has 292 valence electrons. The van der Waals surface area contributed by atoms with Crippen molar-refractivity contribution in [1.29, 1.82) is 0 Å². The van der Waals surface area contributed by atoms with Crippen LogP contribution in [0.5, 0.6) is 0 Å². The third kappa shape index (κ3) is 39.7. The molecule has 0 amide bonds. The van der Waals surface area contributed by atoms with Crippen LogP contribution in [0.1, 0.15) is 226 Å².